The summed E-state index contributed by atoms with van der Waals surface area (Å²) in [6, 6.07) is 15.3. The van der Waals surface area contributed by atoms with Gasteiger partial charge in [0.25, 0.3) is 0 Å². The number of hydrogen-bond donors (Lipinski definition) is 1. The van der Waals surface area contributed by atoms with Crippen molar-refractivity contribution in [3.8, 4) is 0 Å². The summed E-state index contributed by atoms with van der Waals surface area (Å²) in [5.41, 5.74) is 1.08. The molecule has 1 amide bonds. The van der Waals surface area contributed by atoms with Crippen molar-refractivity contribution in [1.82, 2.24) is 4.90 Å². The Morgan fingerprint density at radius 3 is 2.35 bits per heavy atom. The van der Waals surface area contributed by atoms with Crippen molar-refractivity contribution in [2.45, 2.75) is 63.5 Å². The number of nitrogens with zero attached hydrogens (tertiary/aromatic N) is 1. The topological polar surface area (TPSA) is 57.6 Å². The molecule has 0 spiro atoms. The monoisotopic (exact) mass is 459 g/mol. The van der Waals surface area contributed by atoms with Crippen LogP contribution in [0.3, 0.4) is 0 Å². The van der Waals surface area contributed by atoms with E-state index in [0.29, 0.717) is 16.5 Å². The van der Waals surface area contributed by atoms with Gasteiger partial charge in [0.05, 0.1) is 17.9 Å². The lowest BCUT2D eigenvalue weighted by Crippen LogP contribution is -2.55. The standard InChI is InChI=1S/C25H27Cl2NO3/c1-25(15-22(29)30)14-21(17-5-4-6-19(27)13-17)23(16-9-11-18(26)12-10-16)28(24(25)31)20-7-2-3-8-20/h4-6,9-13,20-21,23H,2-3,7-8,14-15H2,1H3,(H,29,30)/t21-,23-,25-/m1/s1. The summed E-state index contributed by atoms with van der Waals surface area (Å²) in [5, 5.41) is 10.9. The lowest BCUT2D eigenvalue weighted by Gasteiger charge is -2.51. The first kappa shape index (κ1) is 22.2. The molecule has 1 aliphatic carbocycles. The van der Waals surface area contributed by atoms with Crippen molar-refractivity contribution in [2.24, 2.45) is 5.41 Å². The average Bonchev–Trinajstić information content (AvgIpc) is 3.24. The van der Waals surface area contributed by atoms with Crippen LogP contribution in [0.25, 0.3) is 0 Å². The fraction of sp³-hybridized carbons (Fsp3) is 0.440. The molecule has 164 valence electrons. The van der Waals surface area contributed by atoms with Gasteiger partial charge >= 0.3 is 5.97 Å². The number of piperidine rings is 1. The van der Waals surface area contributed by atoms with E-state index in [1.807, 2.05) is 53.4 Å². The molecule has 2 fully saturated rings. The molecule has 2 aliphatic rings. The third-order valence-corrected chi connectivity index (χ3v) is 7.34. The van der Waals surface area contributed by atoms with E-state index in [1.165, 1.54) is 0 Å². The van der Waals surface area contributed by atoms with E-state index in [0.717, 1.165) is 36.8 Å². The predicted molar refractivity (Wildman–Crippen MR) is 122 cm³/mol. The highest BCUT2D eigenvalue weighted by Crippen LogP contribution is 2.53. The molecule has 0 aromatic heterocycles. The maximum absolute atomic E-state index is 13.9. The van der Waals surface area contributed by atoms with E-state index < -0.39 is 11.4 Å². The quantitative estimate of drug-likeness (QED) is 0.556. The number of amides is 1. The molecule has 1 N–H and O–H groups in total. The predicted octanol–water partition coefficient (Wildman–Crippen LogP) is 6.47. The molecule has 1 saturated carbocycles. The maximum Gasteiger partial charge on any atom is 0.304 e. The van der Waals surface area contributed by atoms with Crippen LogP contribution in [0.2, 0.25) is 10.0 Å². The molecule has 1 saturated heterocycles. The Balaban J connectivity index is 1.87. The maximum atomic E-state index is 13.9. The number of carboxylic acids is 1. The van der Waals surface area contributed by atoms with Crippen LogP contribution in [-0.2, 0) is 9.59 Å². The third kappa shape index (κ3) is 4.47. The zero-order chi connectivity index (χ0) is 22.2. The number of carbonyl (C=O) groups is 2. The van der Waals surface area contributed by atoms with Crippen molar-refractivity contribution in [3.63, 3.8) is 0 Å². The summed E-state index contributed by atoms with van der Waals surface area (Å²) >= 11 is 12.5. The number of hydrogen-bond acceptors (Lipinski definition) is 2. The Kier molecular flexibility index (Phi) is 6.32. The third-order valence-electron chi connectivity index (χ3n) is 6.85. The minimum atomic E-state index is -0.968. The van der Waals surface area contributed by atoms with Gasteiger partial charge in [0.1, 0.15) is 0 Å². The second-order valence-electron chi connectivity index (χ2n) is 9.14. The van der Waals surface area contributed by atoms with Gasteiger partial charge in [0.2, 0.25) is 5.91 Å². The molecule has 4 rings (SSSR count). The first-order chi connectivity index (χ1) is 14.8. The lowest BCUT2D eigenvalue weighted by molar-refractivity contribution is -0.160. The highest BCUT2D eigenvalue weighted by atomic mass is 35.5. The van der Waals surface area contributed by atoms with E-state index in [4.69, 9.17) is 23.2 Å². The molecule has 31 heavy (non-hydrogen) atoms. The molecule has 4 nitrogen and oxygen atoms in total. The first-order valence-corrected chi connectivity index (χ1v) is 11.6. The minimum Gasteiger partial charge on any atom is -0.481 e. The zero-order valence-electron chi connectivity index (χ0n) is 17.6. The summed E-state index contributed by atoms with van der Waals surface area (Å²) in [6.07, 6.45) is 4.33. The highest BCUT2D eigenvalue weighted by Gasteiger charge is 2.52. The van der Waals surface area contributed by atoms with Gasteiger partial charge in [-0.25, -0.2) is 0 Å². The molecule has 1 heterocycles. The van der Waals surface area contributed by atoms with Gasteiger partial charge in [0, 0.05) is 22.0 Å². The second kappa shape index (κ2) is 8.84. The number of halogens is 2. The summed E-state index contributed by atoms with van der Waals surface area (Å²) in [4.78, 5) is 27.6. The normalized spacial score (nSPS) is 26.9. The van der Waals surface area contributed by atoms with Gasteiger partial charge < -0.3 is 10.0 Å². The Morgan fingerprint density at radius 2 is 1.74 bits per heavy atom. The number of carbonyl (C=O) groups excluding carboxylic acids is 1. The van der Waals surface area contributed by atoms with Crippen LogP contribution < -0.4 is 0 Å². The smallest absolute Gasteiger partial charge is 0.304 e. The van der Waals surface area contributed by atoms with Crippen molar-refractivity contribution < 1.29 is 14.7 Å². The molecule has 0 unspecified atom stereocenters. The molecular formula is C25H27Cl2NO3. The molecule has 3 atom stereocenters. The van der Waals surface area contributed by atoms with E-state index in [-0.39, 0.29) is 30.3 Å². The van der Waals surface area contributed by atoms with Gasteiger partial charge in [-0.2, -0.15) is 0 Å². The number of aliphatic carboxylic acids is 1. The van der Waals surface area contributed by atoms with Crippen molar-refractivity contribution >= 4 is 35.1 Å². The Bertz CT molecular complexity index is 971. The van der Waals surface area contributed by atoms with Crippen molar-refractivity contribution in [2.75, 3.05) is 0 Å². The number of benzene rings is 2. The number of likely N-dealkylation sites (tertiary alicyclic amines) is 1. The molecule has 2 aromatic rings. The first-order valence-electron chi connectivity index (χ1n) is 10.8. The van der Waals surface area contributed by atoms with Crippen LogP contribution in [0.1, 0.15) is 68.5 Å². The minimum absolute atomic E-state index is 0.0555. The van der Waals surface area contributed by atoms with Gasteiger partial charge in [0.15, 0.2) is 0 Å². The van der Waals surface area contributed by atoms with Crippen LogP contribution in [0.4, 0.5) is 0 Å². The van der Waals surface area contributed by atoms with E-state index >= 15 is 0 Å². The van der Waals surface area contributed by atoms with Crippen LogP contribution >= 0.6 is 23.2 Å². The van der Waals surface area contributed by atoms with Crippen molar-refractivity contribution in [3.05, 3.63) is 69.7 Å². The molecule has 1 aliphatic heterocycles. The summed E-state index contributed by atoms with van der Waals surface area (Å²) in [6.45, 7) is 1.81. The average molecular weight is 460 g/mol. The fourth-order valence-corrected chi connectivity index (χ4v) is 5.79. The van der Waals surface area contributed by atoms with E-state index in [1.54, 1.807) is 6.92 Å². The fourth-order valence-electron chi connectivity index (χ4n) is 5.46. The van der Waals surface area contributed by atoms with E-state index in [2.05, 4.69) is 0 Å². The SMILES string of the molecule is C[C@]1(CC(=O)O)C[C@H](c2cccc(Cl)c2)[C@@H](c2ccc(Cl)cc2)N(C2CCCC2)C1=O. The highest BCUT2D eigenvalue weighted by molar-refractivity contribution is 6.30. The van der Waals surface area contributed by atoms with Crippen molar-refractivity contribution in [1.29, 1.82) is 0 Å². The van der Waals surface area contributed by atoms with Gasteiger partial charge in [-0.05, 0) is 54.7 Å². The Labute approximate surface area is 193 Å². The largest absolute Gasteiger partial charge is 0.481 e. The molecule has 6 heteroatoms. The van der Waals surface area contributed by atoms with Crippen LogP contribution in [0.5, 0.6) is 0 Å². The molecule has 2 aromatic carbocycles. The Hall–Kier alpha value is -2.04. The van der Waals surface area contributed by atoms with E-state index in [9.17, 15) is 14.7 Å². The Morgan fingerprint density at radius 1 is 1.06 bits per heavy atom. The molecular weight excluding hydrogens is 433 g/mol. The van der Waals surface area contributed by atoms with Gasteiger partial charge in [-0.1, -0.05) is 67.2 Å². The second-order valence-corrected chi connectivity index (χ2v) is 10.0. The summed E-state index contributed by atoms with van der Waals surface area (Å²) in [7, 11) is 0. The molecule has 0 radical (unpaired) electrons. The summed E-state index contributed by atoms with van der Waals surface area (Å²) < 4.78 is 0. The number of carboxylic acid groups (broad SMARTS) is 1. The van der Waals surface area contributed by atoms with Crippen LogP contribution in [0.15, 0.2) is 48.5 Å². The molecule has 0 bridgehead atoms. The summed E-state index contributed by atoms with van der Waals surface area (Å²) in [5.74, 6) is -1.07. The van der Waals surface area contributed by atoms with Gasteiger partial charge in [-0.3, -0.25) is 9.59 Å². The van der Waals surface area contributed by atoms with Crippen LogP contribution in [-0.4, -0.2) is 27.9 Å². The van der Waals surface area contributed by atoms with Crippen LogP contribution in [0, 0.1) is 5.41 Å². The lowest BCUT2D eigenvalue weighted by atomic mass is 9.67. The zero-order valence-corrected chi connectivity index (χ0v) is 19.1. The number of rotatable bonds is 5. The van der Waals surface area contributed by atoms with Gasteiger partial charge in [-0.15, -0.1) is 0 Å².